The van der Waals surface area contributed by atoms with Gasteiger partial charge in [-0.1, -0.05) is 17.7 Å². The van der Waals surface area contributed by atoms with Gasteiger partial charge in [0.15, 0.2) is 5.82 Å². The Morgan fingerprint density at radius 1 is 1.14 bits per heavy atom. The van der Waals surface area contributed by atoms with E-state index in [9.17, 15) is 9.59 Å². The van der Waals surface area contributed by atoms with Crippen molar-refractivity contribution in [3.05, 3.63) is 71.7 Å². The van der Waals surface area contributed by atoms with Crippen LogP contribution in [0.1, 0.15) is 29.7 Å². The molecule has 0 aliphatic heterocycles. The van der Waals surface area contributed by atoms with Crippen LogP contribution in [0.3, 0.4) is 0 Å². The lowest BCUT2D eigenvalue weighted by atomic mass is 10.0. The predicted octanol–water partition coefficient (Wildman–Crippen LogP) is 2.46. The molecule has 8 nitrogen and oxygen atoms in total. The molecule has 2 heterocycles. The Balaban J connectivity index is 1.60. The summed E-state index contributed by atoms with van der Waals surface area (Å²) in [6, 6.07) is 10.7. The highest BCUT2D eigenvalue weighted by molar-refractivity contribution is 6.39. The number of anilines is 1. The van der Waals surface area contributed by atoms with E-state index < -0.39 is 17.9 Å². The van der Waals surface area contributed by atoms with E-state index in [4.69, 9.17) is 4.74 Å². The van der Waals surface area contributed by atoms with Crippen molar-refractivity contribution in [3.63, 3.8) is 0 Å². The van der Waals surface area contributed by atoms with Gasteiger partial charge >= 0.3 is 11.8 Å². The van der Waals surface area contributed by atoms with E-state index in [2.05, 4.69) is 20.7 Å². The molecule has 0 radical (unpaired) electrons. The number of nitrogens with one attached hydrogen (secondary N) is 2. The Kier molecular flexibility index (Phi) is 6.23. The minimum Gasteiger partial charge on any atom is -0.496 e. The van der Waals surface area contributed by atoms with Crippen molar-refractivity contribution >= 4 is 17.6 Å². The molecule has 0 spiro atoms. The summed E-state index contributed by atoms with van der Waals surface area (Å²) in [5, 5.41) is 9.48. The van der Waals surface area contributed by atoms with Crippen LogP contribution in [0.5, 0.6) is 5.75 Å². The molecule has 1 atom stereocenters. The van der Waals surface area contributed by atoms with Crippen molar-refractivity contribution in [2.24, 2.45) is 0 Å². The van der Waals surface area contributed by atoms with Crippen LogP contribution in [-0.4, -0.2) is 33.7 Å². The number of methoxy groups -OCH3 is 1. The van der Waals surface area contributed by atoms with Gasteiger partial charge in [0, 0.05) is 30.2 Å². The Labute approximate surface area is 168 Å². The molecule has 0 aliphatic rings. The molecule has 3 aromatic rings. The summed E-state index contributed by atoms with van der Waals surface area (Å²) in [4.78, 5) is 28.5. The van der Waals surface area contributed by atoms with E-state index in [0.717, 1.165) is 16.7 Å². The first-order valence-corrected chi connectivity index (χ1v) is 9.15. The molecular formula is C21H23N5O3. The van der Waals surface area contributed by atoms with Crippen molar-refractivity contribution < 1.29 is 14.3 Å². The first kappa shape index (κ1) is 20.1. The van der Waals surface area contributed by atoms with Crippen molar-refractivity contribution in [2.45, 2.75) is 26.4 Å². The number of rotatable bonds is 6. The third kappa shape index (κ3) is 5.19. The SMILES string of the molecule is COc1ccc(C)cc1[C@H](C)NC(=O)C(=O)Nc1ccn(Cc2ccncc2)n1. The second-order valence-electron chi connectivity index (χ2n) is 6.65. The summed E-state index contributed by atoms with van der Waals surface area (Å²) in [6.07, 6.45) is 5.14. The first-order chi connectivity index (χ1) is 14.0. The van der Waals surface area contributed by atoms with Crippen molar-refractivity contribution in [1.29, 1.82) is 0 Å². The maximum Gasteiger partial charge on any atom is 0.314 e. The van der Waals surface area contributed by atoms with E-state index in [1.807, 2.05) is 37.3 Å². The zero-order valence-corrected chi connectivity index (χ0v) is 16.5. The van der Waals surface area contributed by atoms with Crippen LogP contribution >= 0.6 is 0 Å². The molecule has 1 aromatic carbocycles. The van der Waals surface area contributed by atoms with Gasteiger partial charge in [-0.15, -0.1) is 0 Å². The molecule has 0 fully saturated rings. The summed E-state index contributed by atoms with van der Waals surface area (Å²) in [5.74, 6) is -0.568. The third-order valence-corrected chi connectivity index (χ3v) is 4.38. The number of hydrogen-bond donors (Lipinski definition) is 2. The summed E-state index contributed by atoms with van der Waals surface area (Å²) in [7, 11) is 1.57. The molecule has 2 N–H and O–H groups in total. The molecular weight excluding hydrogens is 370 g/mol. The fourth-order valence-electron chi connectivity index (χ4n) is 2.90. The maximum absolute atomic E-state index is 12.3. The van der Waals surface area contributed by atoms with Crippen LogP contribution in [-0.2, 0) is 16.1 Å². The van der Waals surface area contributed by atoms with E-state index in [1.54, 1.807) is 43.4 Å². The Hall–Kier alpha value is -3.68. The molecule has 3 rings (SSSR count). The van der Waals surface area contributed by atoms with Gasteiger partial charge in [0.2, 0.25) is 0 Å². The zero-order valence-electron chi connectivity index (χ0n) is 16.5. The predicted molar refractivity (Wildman–Crippen MR) is 108 cm³/mol. The maximum atomic E-state index is 12.3. The van der Waals surface area contributed by atoms with Gasteiger partial charge in [-0.3, -0.25) is 19.3 Å². The molecule has 0 bridgehead atoms. The lowest BCUT2D eigenvalue weighted by molar-refractivity contribution is -0.136. The number of pyridine rings is 1. The van der Waals surface area contributed by atoms with Crippen LogP contribution in [0, 0.1) is 6.92 Å². The standard InChI is InChI=1S/C21H23N5O3/c1-14-4-5-18(29-3)17(12-14)15(2)23-20(27)21(28)24-19-8-11-26(25-19)13-16-6-9-22-10-7-16/h4-12,15H,13H2,1-3H3,(H,23,27)(H,24,25,28)/t15-/m0/s1. The Morgan fingerprint density at radius 3 is 2.62 bits per heavy atom. The number of amides is 2. The number of aromatic nitrogens is 3. The highest BCUT2D eigenvalue weighted by Crippen LogP contribution is 2.26. The summed E-state index contributed by atoms with van der Waals surface area (Å²) in [6.45, 7) is 4.28. The Bertz CT molecular complexity index is 1000. The quantitative estimate of drug-likeness (QED) is 0.627. The first-order valence-electron chi connectivity index (χ1n) is 9.15. The summed E-state index contributed by atoms with van der Waals surface area (Å²) >= 11 is 0. The van der Waals surface area contributed by atoms with E-state index in [0.29, 0.717) is 18.1 Å². The molecule has 2 amide bonds. The highest BCUT2D eigenvalue weighted by Gasteiger charge is 2.20. The minimum absolute atomic E-state index is 0.306. The van der Waals surface area contributed by atoms with Crippen molar-refractivity contribution in [1.82, 2.24) is 20.1 Å². The lowest BCUT2D eigenvalue weighted by Crippen LogP contribution is -2.37. The smallest absolute Gasteiger partial charge is 0.314 e. The van der Waals surface area contributed by atoms with Crippen molar-refractivity contribution in [3.8, 4) is 5.75 Å². The number of benzene rings is 1. The van der Waals surface area contributed by atoms with Crippen LogP contribution in [0.2, 0.25) is 0 Å². The van der Waals surface area contributed by atoms with Gasteiger partial charge in [0.25, 0.3) is 0 Å². The third-order valence-electron chi connectivity index (χ3n) is 4.38. The van der Waals surface area contributed by atoms with Gasteiger partial charge in [0.05, 0.1) is 19.7 Å². The fourth-order valence-corrected chi connectivity index (χ4v) is 2.90. The fraction of sp³-hybridized carbons (Fsp3) is 0.238. The molecule has 0 unspecified atom stereocenters. The number of ether oxygens (including phenoxy) is 1. The van der Waals surface area contributed by atoms with Gasteiger partial charge in [0.1, 0.15) is 5.75 Å². The number of hydrogen-bond acceptors (Lipinski definition) is 5. The molecule has 0 saturated heterocycles. The lowest BCUT2D eigenvalue weighted by Gasteiger charge is -2.17. The monoisotopic (exact) mass is 393 g/mol. The van der Waals surface area contributed by atoms with Crippen LogP contribution in [0.25, 0.3) is 0 Å². The molecule has 8 heteroatoms. The molecule has 150 valence electrons. The number of aryl methyl sites for hydroxylation is 1. The molecule has 29 heavy (non-hydrogen) atoms. The topological polar surface area (TPSA) is 98.1 Å². The average molecular weight is 393 g/mol. The second-order valence-corrected chi connectivity index (χ2v) is 6.65. The van der Waals surface area contributed by atoms with E-state index in [-0.39, 0.29) is 0 Å². The number of carbonyl (C=O) groups is 2. The van der Waals surface area contributed by atoms with Crippen LogP contribution < -0.4 is 15.4 Å². The zero-order chi connectivity index (χ0) is 20.8. The second kappa shape index (κ2) is 9.01. The van der Waals surface area contributed by atoms with Gasteiger partial charge in [-0.05, 0) is 37.6 Å². The minimum atomic E-state index is -0.780. The van der Waals surface area contributed by atoms with E-state index >= 15 is 0 Å². The van der Waals surface area contributed by atoms with Gasteiger partial charge in [-0.25, -0.2) is 0 Å². The highest BCUT2D eigenvalue weighted by atomic mass is 16.5. The van der Waals surface area contributed by atoms with Crippen LogP contribution in [0.15, 0.2) is 55.0 Å². The van der Waals surface area contributed by atoms with Gasteiger partial charge < -0.3 is 15.4 Å². The average Bonchev–Trinajstić information content (AvgIpc) is 3.15. The number of nitrogens with zero attached hydrogens (tertiary/aromatic N) is 3. The number of carbonyl (C=O) groups excluding carboxylic acids is 2. The Morgan fingerprint density at radius 2 is 1.90 bits per heavy atom. The van der Waals surface area contributed by atoms with Gasteiger partial charge in [-0.2, -0.15) is 5.10 Å². The summed E-state index contributed by atoms with van der Waals surface area (Å²) < 4.78 is 7.01. The van der Waals surface area contributed by atoms with Crippen LogP contribution in [0.4, 0.5) is 5.82 Å². The molecule has 0 saturated carbocycles. The molecule has 0 aliphatic carbocycles. The van der Waals surface area contributed by atoms with Crippen molar-refractivity contribution in [2.75, 3.05) is 12.4 Å². The normalized spacial score (nSPS) is 11.6. The van der Waals surface area contributed by atoms with E-state index in [1.165, 1.54) is 0 Å². The summed E-state index contributed by atoms with van der Waals surface area (Å²) in [5.41, 5.74) is 2.86. The molecule has 2 aromatic heterocycles. The largest absolute Gasteiger partial charge is 0.496 e.